The first-order valence-corrected chi connectivity index (χ1v) is 1.80. The summed E-state index contributed by atoms with van der Waals surface area (Å²) in [7, 11) is 0. The molecule has 0 atom stereocenters. The van der Waals surface area contributed by atoms with Gasteiger partial charge in [-0.25, -0.2) is 0 Å². The molecule has 0 bridgehead atoms. The Bertz CT molecular complexity index is 4.85. The Balaban J connectivity index is -0.00000000167. The number of hydrogen-bond donors (Lipinski definition) is 2. The van der Waals surface area contributed by atoms with Gasteiger partial charge >= 0.3 is 88.7 Å². The average molecular weight is 138 g/mol. The molecular weight excluding hydrogens is 133 g/mol. The van der Waals surface area contributed by atoms with Gasteiger partial charge in [-0.05, 0) is 0 Å². The van der Waals surface area contributed by atoms with E-state index in [0.717, 1.165) is 0 Å². The zero-order valence-electron chi connectivity index (χ0n) is 0.894. The molecule has 5 heteroatoms. The molecule has 0 aromatic rings. The third-order valence-corrected chi connectivity index (χ3v) is 0. The molecule has 20 valence electrons. The standard InChI is InChI=1S/3Na.H2S2.3H/c;;;1-2;;;/h;;;1-2H;;;. The molecule has 0 aliphatic heterocycles. The van der Waals surface area contributed by atoms with E-state index in [1.807, 2.05) is 0 Å². The molecule has 0 aliphatic carbocycles. The Morgan fingerprint density at radius 1 is 0.600 bits per heavy atom. The first-order valence-electron chi connectivity index (χ1n) is 0.200. The van der Waals surface area contributed by atoms with Gasteiger partial charge in [0.05, 0.1) is 0 Å². The number of hydrogen-bond acceptors (Lipinski definition) is 2. The van der Waals surface area contributed by atoms with Gasteiger partial charge in [-0.3, -0.25) is 0 Å². The molecule has 0 unspecified atom stereocenters. The van der Waals surface area contributed by atoms with Crippen LogP contribution >= 0.6 is 23.3 Å². The van der Waals surface area contributed by atoms with Crippen LogP contribution < -0.4 is 0 Å². The SMILES string of the molecule is SS.[NaH].[NaH].[NaH]. The summed E-state index contributed by atoms with van der Waals surface area (Å²) in [6, 6.07) is 0. The van der Waals surface area contributed by atoms with Crippen molar-refractivity contribution in [1.29, 1.82) is 0 Å². The van der Waals surface area contributed by atoms with Crippen LogP contribution in [0.5, 0.6) is 0 Å². The van der Waals surface area contributed by atoms with E-state index in [2.05, 4.69) is 23.3 Å². The summed E-state index contributed by atoms with van der Waals surface area (Å²) < 4.78 is 0. The zero-order chi connectivity index (χ0) is 2.00. The van der Waals surface area contributed by atoms with Crippen LogP contribution in [-0.4, -0.2) is 88.7 Å². The van der Waals surface area contributed by atoms with Crippen LogP contribution in [0.2, 0.25) is 0 Å². The first-order chi connectivity index (χ1) is 1.00. The Morgan fingerprint density at radius 2 is 0.600 bits per heavy atom. The molecule has 0 heterocycles. The van der Waals surface area contributed by atoms with Gasteiger partial charge in [0, 0.05) is 0 Å². The second-order valence-corrected chi connectivity index (χ2v) is 0. The maximum absolute atomic E-state index is 3.22. The first kappa shape index (κ1) is 23.4. The summed E-state index contributed by atoms with van der Waals surface area (Å²) in [5, 5.41) is 0. The van der Waals surface area contributed by atoms with E-state index >= 15 is 0 Å². The summed E-state index contributed by atoms with van der Waals surface area (Å²) in [6.45, 7) is 0. The van der Waals surface area contributed by atoms with E-state index in [1.165, 1.54) is 0 Å². The predicted molar refractivity (Wildman–Crippen MR) is 39.4 cm³/mol. The van der Waals surface area contributed by atoms with Gasteiger partial charge in [0.2, 0.25) is 0 Å². The molecule has 0 aromatic carbocycles. The molecule has 0 amide bonds. The summed E-state index contributed by atoms with van der Waals surface area (Å²) in [5.74, 6) is 0. The molecule has 0 fully saturated rings. The van der Waals surface area contributed by atoms with Gasteiger partial charge in [0.25, 0.3) is 0 Å². The van der Waals surface area contributed by atoms with E-state index in [0.29, 0.717) is 0 Å². The molecule has 0 nitrogen and oxygen atoms in total. The quantitative estimate of drug-likeness (QED) is 0.235. The zero-order valence-corrected chi connectivity index (χ0v) is 2.68. The second kappa shape index (κ2) is 25.2. The third-order valence-electron chi connectivity index (χ3n) is 0. The molecule has 0 saturated heterocycles. The molecule has 0 radical (unpaired) electrons. The monoisotopic (exact) mass is 138 g/mol. The number of thiol groups is 2. The fourth-order valence-electron chi connectivity index (χ4n) is 0. The van der Waals surface area contributed by atoms with Crippen molar-refractivity contribution in [2.45, 2.75) is 0 Å². The summed E-state index contributed by atoms with van der Waals surface area (Å²) >= 11 is 6.44. The van der Waals surface area contributed by atoms with E-state index in [1.54, 1.807) is 0 Å². The van der Waals surface area contributed by atoms with E-state index in [9.17, 15) is 0 Å². The van der Waals surface area contributed by atoms with Gasteiger partial charge in [-0.1, -0.05) is 0 Å². The van der Waals surface area contributed by atoms with E-state index in [-0.39, 0.29) is 88.7 Å². The van der Waals surface area contributed by atoms with Crippen molar-refractivity contribution in [3.63, 3.8) is 0 Å². The Morgan fingerprint density at radius 3 is 0.600 bits per heavy atom. The minimum absolute atomic E-state index is 0. The Kier molecular flexibility index (Phi) is 118. The maximum atomic E-state index is 3.22. The van der Waals surface area contributed by atoms with Crippen molar-refractivity contribution in [3.8, 4) is 0 Å². The van der Waals surface area contributed by atoms with Gasteiger partial charge in [0.15, 0.2) is 0 Å². The van der Waals surface area contributed by atoms with Crippen LogP contribution in [0.1, 0.15) is 0 Å². The Hall–Kier alpha value is 3.70. The van der Waals surface area contributed by atoms with Gasteiger partial charge in [-0.15, -0.1) is 23.3 Å². The fraction of sp³-hybridized carbons (Fsp3) is 0. The van der Waals surface area contributed by atoms with Gasteiger partial charge in [-0.2, -0.15) is 0 Å². The third kappa shape index (κ3) is 18.3. The molecule has 5 heavy (non-hydrogen) atoms. The molecule has 0 saturated carbocycles. The van der Waals surface area contributed by atoms with Crippen LogP contribution in [-0.2, 0) is 0 Å². The molecule has 0 aromatic heterocycles. The minimum atomic E-state index is 0. The van der Waals surface area contributed by atoms with Crippen molar-refractivity contribution in [2.75, 3.05) is 0 Å². The van der Waals surface area contributed by atoms with Crippen molar-refractivity contribution >= 4 is 112 Å². The van der Waals surface area contributed by atoms with Crippen LogP contribution in [0.15, 0.2) is 0 Å². The van der Waals surface area contributed by atoms with Crippen molar-refractivity contribution in [3.05, 3.63) is 0 Å². The predicted octanol–water partition coefficient (Wildman–Crippen LogP) is -1.18. The van der Waals surface area contributed by atoms with Crippen molar-refractivity contribution in [2.24, 2.45) is 0 Å². The van der Waals surface area contributed by atoms with Crippen molar-refractivity contribution in [1.82, 2.24) is 0 Å². The normalized spacial score (nSPS) is 1.20. The molecule has 0 aliphatic rings. The molecule has 0 spiro atoms. The Labute approximate surface area is 109 Å². The molecule has 0 N–H and O–H groups in total. The van der Waals surface area contributed by atoms with Crippen LogP contribution in [0.4, 0.5) is 0 Å². The van der Waals surface area contributed by atoms with E-state index in [4.69, 9.17) is 0 Å². The fourth-order valence-corrected chi connectivity index (χ4v) is 0. The summed E-state index contributed by atoms with van der Waals surface area (Å²) in [5.41, 5.74) is 0. The topological polar surface area (TPSA) is 0 Å². The van der Waals surface area contributed by atoms with Gasteiger partial charge < -0.3 is 0 Å². The van der Waals surface area contributed by atoms with Crippen LogP contribution in [0.25, 0.3) is 0 Å². The second-order valence-electron chi connectivity index (χ2n) is 0. The number of rotatable bonds is 0. The van der Waals surface area contributed by atoms with E-state index < -0.39 is 0 Å². The molecule has 0 rings (SSSR count). The van der Waals surface area contributed by atoms with Crippen molar-refractivity contribution < 1.29 is 0 Å². The average Bonchev–Trinajstić information content (AvgIpc) is 1.00. The molecular formula is H5Na3S2. The summed E-state index contributed by atoms with van der Waals surface area (Å²) in [4.78, 5) is 0. The van der Waals surface area contributed by atoms with Gasteiger partial charge in [0.1, 0.15) is 0 Å². The van der Waals surface area contributed by atoms with Crippen LogP contribution in [0, 0.1) is 0 Å². The summed E-state index contributed by atoms with van der Waals surface area (Å²) in [6.07, 6.45) is 0. The van der Waals surface area contributed by atoms with Crippen LogP contribution in [0.3, 0.4) is 0 Å².